The first kappa shape index (κ1) is 51.4. The van der Waals surface area contributed by atoms with Crippen molar-refractivity contribution in [3.05, 3.63) is 37.0 Å². The van der Waals surface area contributed by atoms with Crippen molar-refractivity contribution in [2.24, 2.45) is 5.41 Å². The number of thioether (sulfide) groups is 1. The number of fused-ring (bicyclic) bond motifs is 1. The van der Waals surface area contributed by atoms with E-state index in [1.54, 1.807) is 0 Å². The van der Waals surface area contributed by atoms with Gasteiger partial charge in [0.05, 0.1) is 19.5 Å². The van der Waals surface area contributed by atoms with E-state index in [0.29, 0.717) is 12.2 Å². The molecule has 1 saturated heterocycles. The average Bonchev–Trinajstić information content (AvgIpc) is 3.72. The lowest BCUT2D eigenvalue weighted by Gasteiger charge is -2.30. The first-order valence-electron chi connectivity index (χ1n) is 18.4. The number of phosphoric acid groups is 3. The minimum atomic E-state index is -5.57. The number of amides is 2. The third-order valence-electron chi connectivity index (χ3n) is 8.36. The molecule has 3 rings (SSSR count). The molecule has 0 radical (unpaired) electrons. The zero-order valence-electron chi connectivity index (χ0n) is 32.9. The number of aliphatic hydroxyl groups excluding tert-OH is 2. The summed E-state index contributed by atoms with van der Waals surface area (Å²) in [4.78, 5) is 87.8. The summed E-state index contributed by atoms with van der Waals surface area (Å²) in [6.07, 6.45) is 5.14. The number of hydrogen-bond donors (Lipinski definition) is 9. The SMILES string of the molecule is CC/C=C/C/C=C/CCCC(=O)SCCNC(=O)CCNC(=O)C(O)C(C)(C)COP(=O)(O)OP(=O)(O)OCC1OC(n2cnc3c(N)ncnc32)C(O)C1OP(=O)(O)O. The Bertz CT molecular complexity index is 1960. The number of nitrogens with one attached hydrogen (secondary N) is 2. The largest absolute Gasteiger partial charge is 0.481 e. The summed E-state index contributed by atoms with van der Waals surface area (Å²) in [6, 6.07) is 0. The quantitative estimate of drug-likeness (QED) is 0.0368. The zero-order valence-corrected chi connectivity index (χ0v) is 36.4. The third kappa shape index (κ3) is 17.1. The van der Waals surface area contributed by atoms with Crippen LogP contribution >= 0.6 is 35.2 Å². The molecule has 7 unspecified atom stereocenters. The third-order valence-corrected chi connectivity index (χ3v) is 12.4. The molecule has 0 bridgehead atoms. The van der Waals surface area contributed by atoms with Crippen LogP contribution in [0.25, 0.3) is 11.2 Å². The second-order valence-corrected chi connectivity index (χ2v) is 19.2. The first-order valence-corrected chi connectivity index (χ1v) is 23.9. The minimum absolute atomic E-state index is 0.0143. The molecule has 0 aromatic carbocycles. The Kier molecular flexibility index (Phi) is 20.1. The van der Waals surface area contributed by atoms with Gasteiger partial charge < -0.3 is 50.9 Å². The summed E-state index contributed by atoms with van der Waals surface area (Å²) in [5, 5.41) is 26.5. The van der Waals surface area contributed by atoms with E-state index in [1.807, 2.05) is 6.08 Å². The average molecular weight is 932 g/mol. The van der Waals surface area contributed by atoms with E-state index >= 15 is 0 Å². The van der Waals surface area contributed by atoms with Gasteiger partial charge in [-0.1, -0.05) is 56.8 Å². The number of phosphoric ester groups is 3. The Morgan fingerprint density at radius 3 is 2.42 bits per heavy atom. The smallest absolute Gasteiger partial charge is 0.386 e. The maximum atomic E-state index is 12.7. The van der Waals surface area contributed by atoms with Gasteiger partial charge in [0.2, 0.25) is 11.8 Å². The molecule has 2 aromatic rings. The zero-order chi connectivity index (χ0) is 44.7. The standard InChI is InChI=1S/C32H52N7O17P3S/c1-4-5-6-7-8-9-10-11-12-23(41)60-16-15-34-22(40)13-14-35-30(44)27(43)32(2,3)18-53-59(50,51)56-58(48,49)52-17-21-26(55-57(45,46)47)25(42)31(54-21)39-20-38-24-28(33)36-19-37-29(24)39/h5-6,8-9,19-21,25-27,31,42-43H,4,7,10-18H2,1-3H3,(H,34,40)(H,35,44)(H,48,49)(H,50,51)(H2,33,36,37)(H2,45,46,47)/b6-5+,9-8+. The number of ether oxygens (including phenoxy) is 1. The van der Waals surface area contributed by atoms with Gasteiger partial charge in [0.1, 0.15) is 36.3 Å². The van der Waals surface area contributed by atoms with Crippen molar-refractivity contribution >= 4 is 69.1 Å². The fourth-order valence-electron chi connectivity index (χ4n) is 5.29. The van der Waals surface area contributed by atoms with Crippen molar-refractivity contribution in [2.45, 2.75) is 89.9 Å². The fraction of sp³-hybridized carbons (Fsp3) is 0.625. The van der Waals surface area contributed by atoms with E-state index in [1.165, 1.54) is 13.8 Å². The molecule has 0 saturated carbocycles. The van der Waals surface area contributed by atoms with Crippen molar-refractivity contribution < 1.29 is 80.5 Å². The van der Waals surface area contributed by atoms with Crippen LogP contribution in [-0.4, -0.2) is 123 Å². The molecule has 0 spiro atoms. The van der Waals surface area contributed by atoms with Crippen LogP contribution in [0.4, 0.5) is 5.82 Å². The van der Waals surface area contributed by atoms with E-state index in [-0.39, 0.29) is 41.6 Å². The van der Waals surface area contributed by atoms with Gasteiger partial charge in [-0.2, -0.15) is 4.31 Å². The highest BCUT2D eigenvalue weighted by atomic mass is 32.2. The second-order valence-electron chi connectivity index (χ2n) is 13.8. The number of unbranched alkanes of at least 4 members (excludes halogenated alkanes) is 1. The number of allylic oxidation sites excluding steroid dienone is 4. The molecule has 28 heteroatoms. The summed E-state index contributed by atoms with van der Waals surface area (Å²) in [5.74, 6) is -1.08. The summed E-state index contributed by atoms with van der Waals surface area (Å²) in [7, 11) is -16.4. The van der Waals surface area contributed by atoms with Gasteiger partial charge in [-0.25, -0.2) is 28.6 Å². The number of rotatable bonds is 26. The van der Waals surface area contributed by atoms with Crippen LogP contribution in [-0.2, 0) is 50.7 Å². The Balaban J connectivity index is 1.41. The van der Waals surface area contributed by atoms with Crippen LogP contribution in [0.15, 0.2) is 37.0 Å². The van der Waals surface area contributed by atoms with Crippen molar-refractivity contribution in [2.75, 3.05) is 37.8 Å². The normalized spacial score (nSPS) is 21.3. The van der Waals surface area contributed by atoms with Crippen molar-refractivity contribution in [1.82, 2.24) is 30.2 Å². The highest BCUT2D eigenvalue weighted by Gasteiger charge is 2.50. The number of anilines is 1. The molecule has 0 aliphatic carbocycles. The van der Waals surface area contributed by atoms with Crippen molar-refractivity contribution in [3.63, 3.8) is 0 Å². The molecule has 2 amide bonds. The van der Waals surface area contributed by atoms with E-state index < -0.39 is 84.6 Å². The number of imidazole rings is 1. The van der Waals surface area contributed by atoms with Gasteiger partial charge in [-0.05, 0) is 25.7 Å². The molecule has 1 fully saturated rings. The molecule has 1 aliphatic heterocycles. The molecule has 7 atom stereocenters. The number of nitrogens with zero attached hydrogens (tertiary/aromatic N) is 4. The lowest BCUT2D eigenvalue weighted by molar-refractivity contribution is -0.137. The fourth-order valence-corrected chi connectivity index (χ4v) is 8.84. The molecular formula is C32H52N7O17P3S. The summed E-state index contributed by atoms with van der Waals surface area (Å²) in [5.41, 5.74) is 4.27. The van der Waals surface area contributed by atoms with Gasteiger partial charge in [0, 0.05) is 37.1 Å². The lowest BCUT2D eigenvalue weighted by Crippen LogP contribution is -2.46. The van der Waals surface area contributed by atoms with Crippen LogP contribution in [0.2, 0.25) is 0 Å². The topological polar surface area (TPSA) is 364 Å². The molecule has 3 heterocycles. The van der Waals surface area contributed by atoms with Gasteiger partial charge in [-0.3, -0.25) is 32.5 Å². The number of aromatic nitrogens is 4. The lowest BCUT2D eigenvalue weighted by atomic mass is 9.87. The van der Waals surface area contributed by atoms with Crippen molar-refractivity contribution in [1.29, 1.82) is 0 Å². The monoisotopic (exact) mass is 931 g/mol. The minimum Gasteiger partial charge on any atom is -0.386 e. The van der Waals surface area contributed by atoms with Crippen LogP contribution in [0, 0.1) is 5.41 Å². The maximum Gasteiger partial charge on any atom is 0.481 e. The Morgan fingerprint density at radius 2 is 1.72 bits per heavy atom. The number of carbonyl (C=O) groups excluding carboxylic acids is 3. The number of nitrogen functional groups attached to an aromatic ring is 1. The van der Waals surface area contributed by atoms with Gasteiger partial charge in [0.25, 0.3) is 0 Å². The highest BCUT2D eigenvalue weighted by Crippen LogP contribution is 2.61. The predicted molar refractivity (Wildman–Crippen MR) is 214 cm³/mol. The summed E-state index contributed by atoms with van der Waals surface area (Å²) < 4.78 is 62.2. The van der Waals surface area contributed by atoms with Crippen LogP contribution in [0.3, 0.4) is 0 Å². The van der Waals surface area contributed by atoms with E-state index in [0.717, 1.165) is 54.7 Å². The van der Waals surface area contributed by atoms with E-state index in [2.05, 4.69) is 59.6 Å². The first-order chi connectivity index (χ1) is 28.1. The molecule has 60 heavy (non-hydrogen) atoms. The predicted octanol–water partition coefficient (Wildman–Crippen LogP) is 1.75. The molecule has 24 nitrogen and oxygen atoms in total. The van der Waals surface area contributed by atoms with E-state index in [9.17, 15) is 57.9 Å². The van der Waals surface area contributed by atoms with Crippen LogP contribution < -0.4 is 16.4 Å². The number of nitrogens with two attached hydrogens (primary N) is 1. The van der Waals surface area contributed by atoms with Crippen molar-refractivity contribution in [3.8, 4) is 0 Å². The second kappa shape index (κ2) is 23.5. The molecular weight excluding hydrogens is 879 g/mol. The van der Waals surface area contributed by atoms with E-state index in [4.69, 9.17) is 19.5 Å². The Labute approximate surface area is 349 Å². The number of hydrogen-bond acceptors (Lipinski definition) is 18. The maximum absolute atomic E-state index is 12.7. The summed E-state index contributed by atoms with van der Waals surface area (Å²) in [6.45, 7) is 2.58. The summed E-state index contributed by atoms with van der Waals surface area (Å²) >= 11 is 1.11. The van der Waals surface area contributed by atoms with Gasteiger partial charge >= 0.3 is 23.5 Å². The van der Waals surface area contributed by atoms with Crippen LogP contribution in [0.5, 0.6) is 0 Å². The molecule has 338 valence electrons. The van der Waals surface area contributed by atoms with Gasteiger partial charge in [0.15, 0.2) is 22.8 Å². The van der Waals surface area contributed by atoms with Crippen LogP contribution in [0.1, 0.15) is 65.5 Å². The molecule has 1 aliphatic rings. The highest BCUT2D eigenvalue weighted by molar-refractivity contribution is 8.13. The molecule has 10 N–H and O–H groups in total. The number of aliphatic hydroxyl groups is 2. The van der Waals surface area contributed by atoms with Gasteiger partial charge in [-0.15, -0.1) is 0 Å². The molecule has 2 aromatic heterocycles. The Morgan fingerprint density at radius 1 is 1.02 bits per heavy atom. The number of carbonyl (C=O) groups is 3. The Hall–Kier alpha value is -2.96.